The van der Waals surface area contributed by atoms with Crippen molar-refractivity contribution < 1.29 is 22.7 Å². The van der Waals surface area contributed by atoms with Gasteiger partial charge < -0.3 is 20.3 Å². The van der Waals surface area contributed by atoms with E-state index in [0.29, 0.717) is 25.5 Å². The van der Waals surface area contributed by atoms with Crippen LogP contribution < -0.4 is 15.4 Å². The van der Waals surface area contributed by atoms with Crippen LogP contribution in [-0.4, -0.2) is 49.6 Å². The summed E-state index contributed by atoms with van der Waals surface area (Å²) in [6, 6.07) is 3.79. The molecule has 1 aromatic carbocycles. The SMILES string of the molecule is CCC(=O)N1CCC(NC(=NC)NCc2c(F)cccc2OC(F)F)C1.I. The number of ether oxygens (including phenoxy) is 1. The van der Waals surface area contributed by atoms with Crippen molar-refractivity contribution in [2.24, 2.45) is 4.99 Å². The Hall–Kier alpha value is -1.72. The van der Waals surface area contributed by atoms with E-state index in [1.807, 2.05) is 6.92 Å². The van der Waals surface area contributed by atoms with Crippen molar-refractivity contribution in [2.75, 3.05) is 20.1 Å². The minimum Gasteiger partial charge on any atom is -0.434 e. The minimum atomic E-state index is -3.03. The number of likely N-dealkylation sites (tertiary alicyclic amines) is 1. The van der Waals surface area contributed by atoms with Crippen LogP contribution in [0.25, 0.3) is 0 Å². The first-order valence-corrected chi connectivity index (χ1v) is 8.41. The van der Waals surface area contributed by atoms with Crippen LogP contribution in [0.4, 0.5) is 13.2 Å². The molecule has 1 amide bonds. The fourth-order valence-electron chi connectivity index (χ4n) is 2.81. The van der Waals surface area contributed by atoms with Crippen LogP contribution in [0.1, 0.15) is 25.3 Å². The van der Waals surface area contributed by atoms with Gasteiger partial charge in [-0.1, -0.05) is 13.0 Å². The van der Waals surface area contributed by atoms with E-state index in [1.54, 1.807) is 11.9 Å². The zero-order valence-corrected chi connectivity index (χ0v) is 17.5. The molecule has 152 valence electrons. The van der Waals surface area contributed by atoms with Crippen LogP contribution in [0.3, 0.4) is 0 Å². The van der Waals surface area contributed by atoms with Crippen LogP contribution in [0.2, 0.25) is 0 Å². The second kappa shape index (κ2) is 11.2. The summed E-state index contributed by atoms with van der Waals surface area (Å²) in [6.45, 7) is -0.0579. The monoisotopic (exact) mass is 500 g/mol. The lowest BCUT2D eigenvalue weighted by molar-refractivity contribution is -0.129. The molecule has 6 nitrogen and oxygen atoms in total. The number of carbonyl (C=O) groups excluding carboxylic acids is 1. The summed E-state index contributed by atoms with van der Waals surface area (Å²) in [5.41, 5.74) is -0.00930. The molecule has 1 aliphatic heterocycles. The Morgan fingerprint density at radius 3 is 2.81 bits per heavy atom. The zero-order valence-electron chi connectivity index (χ0n) is 15.2. The van der Waals surface area contributed by atoms with E-state index < -0.39 is 12.4 Å². The first-order chi connectivity index (χ1) is 12.4. The van der Waals surface area contributed by atoms with E-state index >= 15 is 0 Å². The normalized spacial score (nSPS) is 16.9. The molecule has 0 radical (unpaired) electrons. The van der Waals surface area contributed by atoms with Gasteiger partial charge in [-0.05, 0) is 18.6 Å². The Morgan fingerprint density at radius 1 is 1.44 bits per heavy atom. The number of halogens is 4. The summed E-state index contributed by atoms with van der Waals surface area (Å²) in [5.74, 6) is -0.375. The fraction of sp³-hybridized carbons (Fsp3) is 0.529. The van der Waals surface area contributed by atoms with Crippen molar-refractivity contribution in [3.8, 4) is 5.75 Å². The molecule has 2 rings (SSSR count). The number of nitrogens with one attached hydrogen (secondary N) is 2. The van der Waals surface area contributed by atoms with Gasteiger partial charge in [0.05, 0.1) is 0 Å². The number of hydrogen-bond acceptors (Lipinski definition) is 3. The molecule has 0 aliphatic carbocycles. The molecule has 1 fully saturated rings. The van der Waals surface area contributed by atoms with Crippen molar-refractivity contribution in [1.29, 1.82) is 0 Å². The number of benzene rings is 1. The number of hydrogen-bond donors (Lipinski definition) is 2. The number of amides is 1. The number of alkyl halides is 2. The third-order valence-electron chi connectivity index (χ3n) is 4.13. The zero-order chi connectivity index (χ0) is 19.1. The van der Waals surface area contributed by atoms with Gasteiger partial charge in [0, 0.05) is 44.7 Å². The maximum absolute atomic E-state index is 14.0. The maximum Gasteiger partial charge on any atom is 0.387 e. The smallest absolute Gasteiger partial charge is 0.387 e. The molecule has 1 unspecified atom stereocenters. The Balaban J connectivity index is 0.00000364. The summed E-state index contributed by atoms with van der Waals surface area (Å²) in [6.07, 6.45) is 1.23. The lowest BCUT2D eigenvalue weighted by atomic mass is 10.2. The van der Waals surface area contributed by atoms with Gasteiger partial charge in [-0.25, -0.2) is 4.39 Å². The topological polar surface area (TPSA) is 66.0 Å². The average molecular weight is 500 g/mol. The number of nitrogens with zero attached hydrogens (tertiary/aromatic N) is 2. The number of guanidine groups is 1. The molecule has 0 bridgehead atoms. The van der Waals surface area contributed by atoms with Crippen LogP contribution >= 0.6 is 24.0 Å². The van der Waals surface area contributed by atoms with Gasteiger partial charge in [-0.15, -0.1) is 24.0 Å². The number of rotatable bonds is 6. The van der Waals surface area contributed by atoms with E-state index in [-0.39, 0.29) is 53.8 Å². The summed E-state index contributed by atoms with van der Waals surface area (Å²) >= 11 is 0. The summed E-state index contributed by atoms with van der Waals surface area (Å²) in [5, 5.41) is 6.05. The highest BCUT2D eigenvalue weighted by Crippen LogP contribution is 2.23. The van der Waals surface area contributed by atoms with Gasteiger partial charge in [0.25, 0.3) is 0 Å². The Bertz CT molecular complexity index is 661. The molecule has 1 heterocycles. The third kappa shape index (κ3) is 6.74. The highest BCUT2D eigenvalue weighted by molar-refractivity contribution is 14.0. The molecule has 0 spiro atoms. The van der Waals surface area contributed by atoms with Crippen LogP contribution in [0.5, 0.6) is 5.75 Å². The lowest BCUT2D eigenvalue weighted by Crippen LogP contribution is -2.44. The Kier molecular flexibility index (Phi) is 9.67. The van der Waals surface area contributed by atoms with Gasteiger partial charge in [0.1, 0.15) is 11.6 Å². The highest BCUT2D eigenvalue weighted by Gasteiger charge is 2.26. The second-order valence-corrected chi connectivity index (χ2v) is 5.84. The largest absolute Gasteiger partial charge is 0.434 e. The highest BCUT2D eigenvalue weighted by atomic mass is 127. The molecule has 1 aliphatic rings. The van der Waals surface area contributed by atoms with Crippen molar-refractivity contribution in [2.45, 2.75) is 39.0 Å². The summed E-state index contributed by atoms with van der Waals surface area (Å²) in [4.78, 5) is 17.6. The van der Waals surface area contributed by atoms with Gasteiger partial charge in [0.2, 0.25) is 5.91 Å². The Morgan fingerprint density at radius 2 is 2.19 bits per heavy atom. The molecular formula is C17H24F3IN4O2. The molecule has 1 aromatic rings. The third-order valence-corrected chi connectivity index (χ3v) is 4.13. The fourth-order valence-corrected chi connectivity index (χ4v) is 2.81. The molecule has 10 heteroatoms. The van der Waals surface area contributed by atoms with E-state index in [4.69, 9.17) is 0 Å². The van der Waals surface area contributed by atoms with Crippen molar-refractivity contribution in [3.05, 3.63) is 29.6 Å². The quantitative estimate of drug-likeness (QED) is 0.359. The summed E-state index contributed by atoms with van der Waals surface area (Å²) < 4.78 is 43.3. The van der Waals surface area contributed by atoms with E-state index in [0.717, 1.165) is 6.42 Å². The van der Waals surface area contributed by atoms with Crippen LogP contribution in [0, 0.1) is 5.82 Å². The predicted octanol–water partition coefficient (Wildman–Crippen LogP) is 2.72. The van der Waals surface area contributed by atoms with Crippen LogP contribution in [0.15, 0.2) is 23.2 Å². The van der Waals surface area contributed by atoms with E-state index in [2.05, 4.69) is 20.4 Å². The molecule has 1 atom stereocenters. The molecular weight excluding hydrogens is 476 g/mol. The molecule has 0 aromatic heterocycles. The van der Waals surface area contributed by atoms with Gasteiger partial charge in [-0.2, -0.15) is 8.78 Å². The number of carbonyl (C=O) groups is 1. The van der Waals surface area contributed by atoms with Gasteiger partial charge in [-0.3, -0.25) is 9.79 Å². The maximum atomic E-state index is 14.0. The van der Waals surface area contributed by atoms with Crippen molar-refractivity contribution in [1.82, 2.24) is 15.5 Å². The van der Waals surface area contributed by atoms with E-state index in [9.17, 15) is 18.0 Å². The standard InChI is InChI=1S/C17H23F3N4O2.HI/c1-3-15(25)24-8-7-11(10-24)23-17(21-2)22-9-12-13(18)5-4-6-14(12)26-16(19)20;/h4-6,11,16H,3,7-10H2,1-2H3,(H2,21,22,23);1H. The number of aliphatic imine (C=N–C) groups is 1. The molecule has 0 saturated carbocycles. The van der Waals surface area contributed by atoms with E-state index in [1.165, 1.54) is 18.2 Å². The first-order valence-electron chi connectivity index (χ1n) is 8.41. The van der Waals surface area contributed by atoms with Crippen molar-refractivity contribution >= 4 is 35.8 Å². The molecule has 27 heavy (non-hydrogen) atoms. The summed E-state index contributed by atoms with van der Waals surface area (Å²) in [7, 11) is 1.55. The lowest BCUT2D eigenvalue weighted by Gasteiger charge is -2.19. The van der Waals surface area contributed by atoms with Gasteiger partial charge >= 0.3 is 6.61 Å². The molecule has 2 N–H and O–H groups in total. The van der Waals surface area contributed by atoms with Gasteiger partial charge in [0.15, 0.2) is 5.96 Å². The minimum absolute atomic E-state index is 0. The molecule has 1 saturated heterocycles. The Labute approximate surface area is 173 Å². The predicted molar refractivity (Wildman–Crippen MR) is 107 cm³/mol. The van der Waals surface area contributed by atoms with Crippen LogP contribution in [-0.2, 0) is 11.3 Å². The second-order valence-electron chi connectivity index (χ2n) is 5.84. The van der Waals surface area contributed by atoms with Crippen molar-refractivity contribution in [3.63, 3.8) is 0 Å². The average Bonchev–Trinajstić information content (AvgIpc) is 3.07. The first kappa shape index (κ1) is 23.3.